The van der Waals surface area contributed by atoms with E-state index in [1.165, 1.54) is 110 Å². The average molecular weight is 705 g/mol. The van der Waals surface area contributed by atoms with E-state index in [-0.39, 0.29) is 0 Å². The van der Waals surface area contributed by atoms with Crippen LogP contribution in [0.1, 0.15) is 207 Å². The molecule has 1 aliphatic heterocycles. The van der Waals surface area contributed by atoms with Crippen LogP contribution in [0.15, 0.2) is 37.5 Å². The fraction of sp³-hybridized carbons (Fsp3) is 0.875. The number of likely N-dealkylation sites (tertiary alicyclic amines) is 1. The van der Waals surface area contributed by atoms with Gasteiger partial charge < -0.3 is 5.73 Å². The summed E-state index contributed by atoms with van der Waals surface area (Å²) in [6.45, 7) is 43.3. The van der Waals surface area contributed by atoms with E-state index in [4.69, 9.17) is 0 Å². The Morgan fingerprint density at radius 3 is 1.68 bits per heavy atom. The van der Waals surface area contributed by atoms with Gasteiger partial charge in [0.25, 0.3) is 0 Å². The van der Waals surface area contributed by atoms with Crippen molar-refractivity contribution in [3.63, 3.8) is 0 Å². The Labute approximate surface area is 320 Å². The number of allylic oxidation sites excluding steroid dienone is 3. The van der Waals surface area contributed by atoms with Crippen molar-refractivity contribution >= 4 is 0 Å². The minimum absolute atomic E-state index is 0.617. The topological polar surface area (TPSA) is 29.3 Å². The summed E-state index contributed by atoms with van der Waals surface area (Å²) in [7, 11) is 1.50. The quantitative estimate of drug-likeness (QED) is 0.136. The molecule has 1 aliphatic carbocycles. The first kappa shape index (κ1) is 55.9. The lowest BCUT2D eigenvalue weighted by Crippen LogP contribution is -2.58. The van der Waals surface area contributed by atoms with Gasteiger partial charge in [0, 0.05) is 18.6 Å². The third-order valence-corrected chi connectivity index (χ3v) is 12.0. The molecular weight excluding hydrogens is 605 g/mol. The molecule has 0 aromatic rings. The van der Waals surface area contributed by atoms with Gasteiger partial charge in [0.2, 0.25) is 0 Å². The monoisotopic (exact) mass is 705 g/mol. The van der Waals surface area contributed by atoms with Crippen LogP contribution in [-0.4, -0.2) is 30.6 Å². The van der Waals surface area contributed by atoms with Crippen molar-refractivity contribution in [2.45, 2.75) is 219 Å². The van der Waals surface area contributed by atoms with Crippen LogP contribution in [0, 0.1) is 40.9 Å². The third kappa shape index (κ3) is 24.4. The highest BCUT2D eigenvalue weighted by molar-refractivity contribution is 5.00. The predicted octanol–water partition coefficient (Wildman–Crippen LogP) is 15.7. The molecule has 0 bridgehead atoms. The largest absolute Gasteiger partial charge is 0.333 e. The van der Waals surface area contributed by atoms with Crippen molar-refractivity contribution in [3.8, 4) is 0 Å². The van der Waals surface area contributed by atoms with E-state index in [0.717, 1.165) is 48.1 Å². The molecule has 50 heavy (non-hydrogen) atoms. The van der Waals surface area contributed by atoms with Crippen molar-refractivity contribution in [1.82, 2.24) is 4.90 Å². The molecule has 302 valence electrons. The summed E-state index contributed by atoms with van der Waals surface area (Å²) in [5.41, 5.74) is 5.12. The summed E-state index contributed by atoms with van der Waals surface area (Å²) in [6.07, 6.45) is 30.3. The van der Waals surface area contributed by atoms with E-state index in [1.807, 2.05) is 20.8 Å². The lowest BCUT2D eigenvalue weighted by Gasteiger charge is -2.52. The highest BCUT2D eigenvalue weighted by Gasteiger charge is 2.45. The second-order valence-electron chi connectivity index (χ2n) is 15.6. The summed E-state index contributed by atoms with van der Waals surface area (Å²) in [6, 6.07) is 1.47. The van der Waals surface area contributed by atoms with Crippen molar-refractivity contribution in [1.29, 1.82) is 0 Å². The molecule has 8 atom stereocenters. The average Bonchev–Trinajstić information content (AvgIpc) is 3.60. The van der Waals surface area contributed by atoms with Gasteiger partial charge in [-0.15, -0.1) is 13.2 Å². The van der Waals surface area contributed by atoms with Crippen LogP contribution in [0.4, 0.5) is 0 Å². The zero-order chi connectivity index (χ0) is 39.5. The second kappa shape index (κ2) is 37.9. The summed E-state index contributed by atoms with van der Waals surface area (Å²) >= 11 is 0. The molecule has 1 saturated heterocycles. The minimum atomic E-state index is 0.617. The summed E-state index contributed by atoms with van der Waals surface area (Å²) in [5, 5.41) is 0. The Morgan fingerprint density at radius 1 is 0.780 bits per heavy atom. The van der Waals surface area contributed by atoms with E-state index in [2.05, 4.69) is 131 Å². The SMILES string of the molecule is C/C=C/CC.C=CC(C)C1CCN1C(C)C(C)C1(CC(C)CCC)CCCC1.C=CCC(CC)C(C)CCC(C)CC.CC.CCCC.CN. The van der Waals surface area contributed by atoms with Gasteiger partial charge in [-0.05, 0) is 100 Å². The summed E-state index contributed by atoms with van der Waals surface area (Å²) in [5.74, 6) is 4.98. The zero-order valence-electron chi connectivity index (χ0n) is 37.9. The van der Waals surface area contributed by atoms with Gasteiger partial charge in [0.1, 0.15) is 0 Å². The number of hydrogen-bond acceptors (Lipinski definition) is 2. The van der Waals surface area contributed by atoms with Crippen LogP contribution in [0.2, 0.25) is 0 Å². The second-order valence-corrected chi connectivity index (χ2v) is 15.6. The number of nitrogens with two attached hydrogens (primary N) is 1. The van der Waals surface area contributed by atoms with Crippen molar-refractivity contribution in [2.75, 3.05) is 13.6 Å². The molecule has 0 aromatic heterocycles. The Kier molecular flexibility index (Phi) is 42.3. The maximum absolute atomic E-state index is 4.50. The number of unbranched alkanes of at least 4 members (excludes halogenated alkanes) is 1. The zero-order valence-corrected chi connectivity index (χ0v) is 37.9. The number of nitrogens with zero attached hydrogens (tertiary/aromatic N) is 1. The van der Waals surface area contributed by atoms with Crippen LogP contribution in [0.3, 0.4) is 0 Å². The maximum atomic E-state index is 4.50. The van der Waals surface area contributed by atoms with Crippen LogP contribution >= 0.6 is 0 Å². The molecule has 0 amide bonds. The molecule has 8 unspecified atom stereocenters. The van der Waals surface area contributed by atoms with Gasteiger partial charge in [-0.25, -0.2) is 0 Å². The molecule has 2 N–H and O–H groups in total. The molecule has 0 radical (unpaired) electrons. The molecule has 0 spiro atoms. The highest BCUT2D eigenvalue weighted by atomic mass is 15.2. The molecular formula is C48H100N2. The van der Waals surface area contributed by atoms with Gasteiger partial charge in [-0.2, -0.15) is 0 Å². The number of rotatable bonds is 19. The molecule has 2 nitrogen and oxygen atoms in total. The fourth-order valence-corrected chi connectivity index (χ4v) is 7.91. The molecule has 2 aliphatic rings. The first-order chi connectivity index (χ1) is 23.9. The normalized spacial score (nSPS) is 20.3. The van der Waals surface area contributed by atoms with Gasteiger partial charge in [-0.3, -0.25) is 4.90 Å². The maximum Gasteiger partial charge on any atom is 0.0170 e. The molecule has 1 heterocycles. The van der Waals surface area contributed by atoms with Crippen LogP contribution < -0.4 is 5.73 Å². The lowest BCUT2D eigenvalue weighted by molar-refractivity contribution is -0.0318. The van der Waals surface area contributed by atoms with E-state index in [0.29, 0.717) is 11.3 Å². The lowest BCUT2D eigenvalue weighted by atomic mass is 9.65. The van der Waals surface area contributed by atoms with Crippen LogP contribution in [-0.2, 0) is 0 Å². The summed E-state index contributed by atoms with van der Waals surface area (Å²) in [4.78, 5) is 2.79. The van der Waals surface area contributed by atoms with Gasteiger partial charge in [0.05, 0.1) is 0 Å². The first-order valence-corrected chi connectivity index (χ1v) is 22.1. The molecule has 2 fully saturated rings. The van der Waals surface area contributed by atoms with Crippen molar-refractivity contribution in [2.24, 2.45) is 46.7 Å². The third-order valence-electron chi connectivity index (χ3n) is 12.0. The predicted molar refractivity (Wildman–Crippen MR) is 236 cm³/mol. The van der Waals surface area contributed by atoms with Gasteiger partial charge >= 0.3 is 0 Å². The van der Waals surface area contributed by atoms with Crippen molar-refractivity contribution < 1.29 is 0 Å². The Hall–Kier alpha value is -0.860. The van der Waals surface area contributed by atoms with E-state index in [1.54, 1.807) is 0 Å². The Bertz CT molecular complexity index is 718. The van der Waals surface area contributed by atoms with Crippen LogP contribution in [0.5, 0.6) is 0 Å². The summed E-state index contributed by atoms with van der Waals surface area (Å²) < 4.78 is 0. The molecule has 0 aromatic carbocycles. The molecule has 2 rings (SSSR count). The smallest absolute Gasteiger partial charge is 0.0170 e. The first-order valence-electron chi connectivity index (χ1n) is 22.1. The van der Waals surface area contributed by atoms with Gasteiger partial charge in [-0.1, -0.05) is 179 Å². The van der Waals surface area contributed by atoms with E-state index in [9.17, 15) is 0 Å². The van der Waals surface area contributed by atoms with Gasteiger partial charge in [0.15, 0.2) is 0 Å². The van der Waals surface area contributed by atoms with Crippen molar-refractivity contribution in [3.05, 3.63) is 37.5 Å². The molecule has 2 heteroatoms. The van der Waals surface area contributed by atoms with E-state index < -0.39 is 0 Å². The minimum Gasteiger partial charge on any atom is -0.333 e. The van der Waals surface area contributed by atoms with Crippen LogP contribution in [0.25, 0.3) is 0 Å². The highest BCUT2D eigenvalue weighted by Crippen LogP contribution is 2.51. The van der Waals surface area contributed by atoms with E-state index >= 15 is 0 Å². The number of hydrogen-bond donors (Lipinski definition) is 1. The Balaban J connectivity index is -0.000000333. The Morgan fingerprint density at radius 2 is 1.34 bits per heavy atom. The fourth-order valence-electron chi connectivity index (χ4n) is 7.91. The standard InChI is InChI=1S/C22H41N.C14H28.C5H10.C4H10.C2H6.CH5N/c1-7-11-17(3)16-22(13-9-10-14-22)19(5)20(6)23-15-12-21(23)18(4)8-2;1-6-9-14(8-3)13(5)11-10-12(4)7-2;1-3-5-4-2;1-3-4-2;2*1-2/h8,17-21H,2,7,9-16H2,1,3-6H3;6,12-14H,1,7-11H2,2-5H3;3,5H,4H2,1-2H3;3-4H2,1-2H3;1-2H3;2H2,1H3/b;;5-3+;;;. The molecule has 1 saturated carbocycles.